The standard InChI is InChI=1S/C9H13NO2/c1-7(2)12-9-5-8(6-11)3-4-10-9/h3-5,7,11H,6H2,1-2H3. The Morgan fingerprint density at radius 2 is 2.33 bits per heavy atom. The van der Waals surface area contributed by atoms with E-state index in [9.17, 15) is 0 Å². The molecule has 0 aromatic carbocycles. The van der Waals surface area contributed by atoms with Gasteiger partial charge in [-0.3, -0.25) is 0 Å². The molecule has 1 aromatic rings. The first kappa shape index (κ1) is 9.00. The van der Waals surface area contributed by atoms with Crippen LogP contribution in [0.1, 0.15) is 19.4 Å². The fourth-order valence-corrected chi connectivity index (χ4v) is 0.855. The van der Waals surface area contributed by atoms with Crippen molar-refractivity contribution in [2.45, 2.75) is 26.6 Å². The molecule has 1 rings (SSSR count). The molecule has 0 saturated carbocycles. The number of rotatable bonds is 3. The molecule has 0 unspecified atom stereocenters. The predicted octanol–water partition coefficient (Wildman–Crippen LogP) is 1.36. The van der Waals surface area contributed by atoms with Gasteiger partial charge in [0.1, 0.15) is 0 Å². The van der Waals surface area contributed by atoms with Gasteiger partial charge < -0.3 is 9.84 Å². The minimum absolute atomic E-state index is 0.0248. The lowest BCUT2D eigenvalue weighted by Gasteiger charge is -2.08. The molecule has 1 heterocycles. The second-order valence-corrected chi connectivity index (χ2v) is 2.83. The van der Waals surface area contributed by atoms with Crippen LogP contribution in [-0.2, 0) is 6.61 Å². The molecule has 0 aliphatic rings. The van der Waals surface area contributed by atoms with Crippen LogP contribution >= 0.6 is 0 Å². The Morgan fingerprint density at radius 3 is 2.92 bits per heavy atom. The zero-order valence-corrected chi connectivity index (χ0v) is 7.32. The molecule has 0 aliphatic heterocycles. The third-order valence-electron chi connectivity index (χ3n) is 1.34. The Labute approximate surface area is 72.0 Å². The number of aromatic nitrogens is 1. The summed E-state index contributed by atoms with van der Waals surface area (Å²) in [6, 6.07) is 3.49. The van der Waals surface area contributed by atoms with Gasteiger partial charge in [-0.25, -0.2) is 4.98 Å². The van der Waals surface area contributed by atoms with Crippen LogP contribution in [0.15, 0.2) is 18.3 Å². The molecule has 1 N–H and O–H groups in total. The first-order valence-corrected chi connectivity index (χ1v) is 3.95. The van der Waals surface area contributed by atoms with Crippen LogP contribution in [0.4, 0.5) is 0 Å². The molecule has 1 aromatic heterocycles. The van der Waals surface area contributed by atoms with Crippen molar-refractivity contribution >= 4 is 0 Å². The van der Waals surface area contributed by atoms with Gasteiger partial charge in [0.2, 0.25) is 5.88 Å². The first-order chi connectivity index (χ1) is 5.72. The first-order valence-electron chi connectivity index (χ1n) is 3.95. The van der Waals surface area contributed by atoms with Crippen molar-refractivity contribution in [3.63, 3.8) is 0 Å². The van der Waals surface area contributed by atoms with Gasteiger partial charge in [-0.1, -0.05) is 0 Å². The van der Waals surface area contributed by atoms with Crippen molar-refractivity contribution < 1.29 is 9.84 Å². The van der Waals surface area contributed by atoms with Gasteiger partial charge in [-0.05, 0) is 25.5 Å². The Morgan fingerprint density at radius 1 is 1.58 bits per heavy atom. The van der Waals surface area contributed by atoms with Crippen LogP contribution < -0.4 is 4.74 Å². The van der Waals surface area contributed by atoms with Crippen molar-refractivity contribution in [3.8, 4) is 5.88 Å². The van der Waals surface area contributed by atoms with Crippen molar-refractivity contribution in [2.24, 2.45) is 0 Å². The summed E-state index contributed by atoms with van der Waals surface area (Å²) in [5.74, 6) is 0.566. The van der Waals surface area contributed by atoms with Crippen LogP contribution in [0.5, 0.6) is 5.88 Å². The molecule has 3 heteroatoms. The monoisotopic (exact) mass is 167 g/mol. The van der Waals surface area contributed by atoms with Crippen molar-refractivity contribution in [1.82, 2.24) is 4.98 Å². The average molecular weight is 167 g/mol. The van der Waals surface area contributed by atoms with E-state index in [1.807, 2.05) is 13.8 Å². The molecule has 0 aliphatic carbocycles. The number of hydrogen-bond acceptors (Lipinski definition) is 3. The summed E-state index contributed by atoms with van der Waals surface area (Å²) in [5, 5.41) is 8.81. The van der Waals surface area contributed by atoms with Crippen LogP contribution in [0.25, 0.3) is 0 Å². The van der Waals surface area contributed by atoms with Gasteiger partial charge in [0, 0.05) is 12.3 Å². The maximum Gasteiger partial charge on any atom is 0.213 e. The lowest BCUT2D eigenvalue weighted by molar-refractivity contribution is 0.230. The maximum atomic E-state index is 8.81. The van der Waals surface area contributed by atoms with Gasteiger partial charge in [0.05, 0.1) is 12.7 Å². The molecule has 12 heavy (non-hydrogen) atoms. The van der Waals surface area contributed by atoms with Gasteiger partial charge in [0.15, 0.2) is 0 Å². The molecule has 0 amide bonds. The summed E-state index contributed by atoms with van der Waals surface area (Å²) in [4.78, 5) is 3.99. The van der Waals surface area contributed by atoms with E-state index in [0.29, 0.717) is 5.88 Å². The minimum atomic E-state index is 0.0248. The molecule has 3 nitrogen and oxygen atoms in total. The van der Waals surface area contributed by atoms with Crippen molar-refractivity contribution in [3.05, 3.63) is 23.9 Å². The Balaban J connectivity index is 2.72. The number of ether oxygens (including phenoxy) is 1. The van der Waals surface area contributed by atoms with Crippen LogP contribution in [0, 0.1) is 0 Å². The second-order valence-electron chi connectivity index (χ2n) is 2.83. The van der Waals surface area contributed by atoms with E-state index in [1.54, 1.807) is 18.3 Å². The van der Waals surface area contributed by atoms with E-state index in [-0.39, 0.29) is 12.7 Å². The second kappa shape index (κ2) is 4.07. The number of pyridine rings is 1. The molecule has 0 spiro atoms. The largest absolute Gasteiger partial charge is 0.475 e. The lowest BCUT2D eigenvalue weighted by Crippen LogP contribution is -2.06. The molecule has 0 fully saturated rings. The highest BCUT2D eigenvalue weighted by atomic mass is 16.5. The van der Waals surface area contributed by atoms with Crippen LogP contribution in [0.2, 0.25) is 0 Å². The van der Waals surface area contributed by atoms with E-state index < -0.39 is 0 Å². The Bertz CT molecular complexity index is 248. The molecular weight excluding hydrogens is 154 g/mol. The van der Waals surface area contributed by atoms with Gasteiger partial charge in [-0.15, -0.1) is 0 Å². The highest BCUT2D eigenvalue weighted by Crippen LogP contribution is 2.10. The van der Waals surface area contributed by atoms with Gasteiger partial charge in [-0.2, -0.15) is 0 Å². The summed E-state index contributed by atoms with van der Waals surface area (Å²) in [6.45, 7) is 3.90. The normalized spacial score (nSPS) is 10.3. The smallest absolute Gasteiger partial charge is 0.213 e. The third-order valence-corrected chi connectivity index (χ3v) is 1.34. The fraction of sp³-hybridized carbons (Fsp3) is 0.444. The molecule has 66 valence electrons. The summed E-state index contributed by atoms with van der Waals surface area (Å²) in [5.41, 5.74) is 0.820. The summed E-state index contributed by atoms with van der Waals surface area (Å²) >= 11 is 0. The summed E-state index contributed by atoms with van der Waals surface area (Å²) in [7, 11) is 0. The quantitative estimate of drug-likeness (QED) is 0.739. The zero-order chi connectivity index (χ0) is 8.97. The summed E-state index contributed by atoms with van der Waals surface area (Å²) in [6.07, 6.45) is 1.75. The highest BCUT2D eigenvalue weighted by Gasteiger charge is 1.99. The van der Waals surface area contributed by atoms with E-state index in [2.05, 4.69) is 4.98 Å². The number of aliphatic hydroxyl groups excluding tert-OH is 1. The topological polar surface area (TPSA) is 42.4 Å². The predicted molar refractivity (Wildman–Crippen MR) is 45.9 cm³/mol. The molecule has 0 saturated heterocycles. The van der Waals surface area contributed by atoms with Crippen molar-refractivity contribution in [1.29, 1.82) is 0 Å². The molecule has 0 atom stereocenters. The summed E-state index contributed by atoms with van der Waals surface area (Å²) < 4.78 is 5.33. The highest BCUT2D eigenvalue weighted by molar-refractivity contribution is 5.19. The van der Waals surface area contributed by atoms with E-state index >= 15 is 0 Å². The van der Waals surface area contributed by atoms with E-state index in [0.717, 1.165) is 5.56 Å². The van der Waals surface area contributed by atoms with Gasteiger partial charge >= 0.3 is 0 Å². The number of aliphatic hydroxyl groups is 1. The average Bonchev–Trinajstić information content (AvgIpc) is 2.03. The third kappa shape index (κ3) is 2.51. The zero-order valence-electron chi connectivity index (χ0n) is 7.32. The van der Waals surface area contributed by atoms with Crippen molar-refractivity contribution in [2.75, 3.05) is 0 Å². The van der Waals surface area contributed by atoms with E-state index in [1.165, 1.54) is 0 Å². The van der Waals surface area contributed by atoms with Crippen LogP contribution in [-0.4, -0.2) is 16.2 Å². The Kier molecular flexibility index (Phi) is 3.05. The van der Waals surface area contributed by atoms with Gasteiger partial charge in [0.25, 0.3) is 0 Å². The number of nitrogens with zero attached hydrogens (tertiary/aromatic N) is 1. The van der Waals surface area contributed by atoms with Crippen LogP contribution in [0.3, 0.4) is 0 Å². The minimum Gasteiger partial charge on any atom is -0.475 e. The Hall–Kier alpha value is -1.09. The molecule has 0 radical (unpaired) electrons. The molecule has 0 bridgehead atoms. The SMILES string of the molecule is CC(C)Oc1cc(CO)ccn1. The number of hydrogen-bond donors (Lipinski definition) is 1. The molecular formula is C9H13NO2. The maximum absolute atomic E-state index is 8.81. The van der Waals surface area contributed by atoms with E-state index in [4.69, 9.17) is 9.84 Å². The fourth-order valence-electron chi connectivity index (χ4n) is 0.855. The lowest BCUT2D eigenvalue weighted by atomic mass is 10.3.